The molecule has 3 rings (SSSR count). The van der Waals surface area contributed by atoms with Crippen molar-refractivity contribution in [2.24, 2.45) is 0 Å². The van der Waals surface area contributed by atoms with Crippen LogP contribution in [0.15, 0.2) is 53.0 Å². The summed E-state index contributed by atoms with van der Waals surface area (Å²) < 4.78 is 6.53. The van der Waals surface area contributed by atoms with Crippen LogP contribution < -0.4 is 10.1 Å². The average Bonchev–Trinajstić information content (AvgIpc) is 3.13. The van der Waals surface area contributed by atoms with E-state index in [0.29, 0.717) is 24.2 Å². The number of carbonyl (C=O) groups excluding carboxylic acids is 2. The first-order valence-corrected chi connectivity index (χ1v) is 9.87. The number of hydrogen-bond acceptors (Lipinski definition) is 3. The van der Waals surface area contributed by atoms with Crippen LogP contribution in [0.3, 0.4) is 0 Å². The molecule has 2 amide bonds. The lowest BCUT2D eigenvalue weighted by molar-refractivity contribution is -0.119. The van der Waals surface area contributed by atoms with Gasteiger partial charge in [0.05, 0.1) is 6.10 Å². The Morgan fingerprint density at radius 3 is 2.41 bits per heavy atom. The van der Waals surface area contributed by atoms with Crippen molar-refractivity contribution in [3.05, 3.63) is 58.6 Å². The highest BCUT2D eigenvalue weighted by Gasteiger charge is 2.34. The van der Waals surface area contributed by atoms with Crippen LogP contribution in [0.5, 0.6) is 5.75 Å². The molecule has 1 aliphatic heterocycles. The Bertz CT molecular complexity index is 803. The normalized spacial score (nSPS) is 16.4. The van der Waals surface area contributed by atoms with Crippen LogP contribution in [-0.2, 0) is 4.79 Å². The lowest BCUT2D eigenvalue weighted by Crippen LogP contribution is -2.43. The second-order valence-electron chi connectivity index (χ2n) is 6.84. The third-order valence-corrected chi connectivity index (χ3v) is 4.93. The highest BCUT2D eigenvalue weighted by molar-refractivity contribution is 9.10. The lowest BCUT2D eigenvalue weighted by atomic mass is 10.1. The molecule has 1 fully saturated rings. The zero-order valence-electron chi connectivity index (χ0n) is 15.4. The molecule has 1 atom stereocenters. The van der Waals surface area contributed by atoms with Gasteiger partial charge in [0.25, 0.3) is 5.91 Å². The average molecular weight is 431 g/mol. The van der Waals surface area contributed by atoms with E-state index in [-0.39, 0.29) is 17.9 Å². The fourth-order valence-electron chi connectivity index (χ4n) is 3.16. The van der Waals surface area contributed by atoms with Crippen LogP contribution in [0.4, 0.5) is 5.69 Å². The largest absolute Gasteiger partial charge is 0.491 e. The molecule has 1 aliphatic rings. The van der Waals surface area contributed by atoms with Crippen molar-refractivity contribution >= 4 is 33.4 Å². The number of nitrogens with one attached hydrogen (secondary N) is 1. The molecule has 1 heterocycles. The number of nitrogens with zero attached hydrogens (tertiary/aromatic N) is 1. The SMILES string of the molecule is CC(C)Oc1ccc(NC(=O)C2CCCN2C(=O)c2ccc(Br)cc2)cc1. The third kappa shape index (κ3) is 4.89. The van der Waals surface area contributed by atoms with Crippen LogP contribution in [0.1, 0.15) is 37.0 Å². The number of halogens is 1. The molecule has 0 bridgehead atoms. The standard InChI is InChI=1S/C21H23BrN2O3/c1-14(2)27-18-11-9-17(10-12-18)23-20(25)19-4-3-13-24(19)21(26)15-5-7-16(22)8-6-15/h5-12,14,19H,3-4,13H2,1-2H3,(H,23,25). The second kappa shape index (κ2) is 8.57. The topological polar surface area (TPSA) is 58.6 Å². The van der Waals surface area contributed by atoms with Crippen molar-refractivity contribution in [2.75, 3.05) is 11.9 Å². The van der Waals surface area contributed by atoms with E-state index in [2.05, 4.69) is 21.2 Å². The van der Waals surface area contributed by atoms with Gasteiger partial charge < -0.3 is 15.0 Å². The highest BCUT2D eigenvalue weighted by Crippen LogP contribution is 2.23. The number of amides is 2. The molecule has 142 valence electrons. The van der Waals surface area contributed by atoms with E-state index in [1.807, 2.05) is 50.2 Å². The molecule has 2 aromatic carbocycles. The number of hydrogen-bond donors (Lipinski definition) is 1. The molecule has 27 heavy (non-hydrogen) atoms. The molecule has 0 aromatic heterocycles. The van der Waals surface area contributed by atoms with Gasteiger partial charge in [-0.05, 0) is 75.2 Å². The Labute approximate surface area is 167 Å². The molecule has 0 aliphatic carbocycles. The van der Waals surface area contributed by atoms with Crippen LogP contribution >= 0.6 is 15.9 Å². The van der Waals surface area contributed by atoms with Gasteiger partial charge in [0.1, 0.15) is 11.8 Å². The van der Waals surface area contributed by atoms with E-state index < -0.39 is 6.04 Å². The minimum Gasteiger partial charge on any atom is -0.491 e. The number of benzene rings is 2. The van der Waals surface area contributed by atoms with Gasteiger partial charge in [0.15, 0.2) is 0 Å². The summed E-state index contributed by atoms with van der Waals surface area (Å²) in [5.41, 5.74) is 1.28. The van der Waals surface area contributed by atoms with Crippen molar-refractivity contribution in [1.29, 1.82) is 0 Å². The van der Waals surface area contributed by atoms with Crippen molar-refractivity contribution in [3.63, 3.8) is 0 Å². The zero-order chi connectivity index (χ0) is 19.4. The van der Waals surface area contributed by atoms with E-state index in [1.165, 1.54) is 0 Å². The van der Waals surface area contributed by atoms with Gasteiger partial charge in [0.2, 0.25) is 5.91 Å². The van der Waals surface area contributed by atoms with Gasteiger partial charge >= 0.3 is 0 Å². The quantitative estimate of drug-likeness (QED) is 0.760. The van der Waals surface area contributed by atoms with Crippen LogP contribution in [0, 0.1) is 0 Å². The van der Waals surface area contributed by atoms with Crippen LogP contribution in [-0.4, -0.2) is 35.4 Å². The molecular weight excluding hydrogens is 408 g/mol. The summed E-state index contributed by atoms with van der Waals surface area (Å²) in [6.45, 7) is 4.52. The summed E-state index contributed by atoms with van der Waals surface area (Å²) in [6, 6.07) is 14.0. The Morgan fingerprint density at radius 1 is 1.11 bits per heavy atom. The monoisotopic (exact) mass is 430 g/mol. The van der Waals surface area contributed by atoms with Crippen molar-refractivity contribution in [2.45, 2.75) is 38.8 Å². The minimum atomic E-state index is -0.451. The molecule has 0 saturated carbocycles. The smallest absolute Gasteiger partial charge is 0.254 e. The maximum Gasteiger partial charge on any atom is 0.254 e. The molecule has 6 heteroatoms. The first-order valence-electron chi connectivity index (χ1n) is 9.08. The maximum absolute atomic E-state index is 12.8. The number of rotatable bonds is 5. The molecule has 1 saturated heterocycles. The van der Waals surface area contributed by atoms with E-state index in [1.54, 1.807) is 17.0 Å². The van der Waals surface area contributed by atoms with Gasteiger partial charge in [-0.15, -0.1) is 0 Å². The fourth-order valence-corrected chi connectivity index (χ4v) is 3.42. The minimum absolute atomic E-state index is 0.0992. The fraction of sp³-hybridized carbons (Fsp3) is 0.333. The first kappa shape index (κ1) is 19.4. The molecule has 1 unspecified atom stereocenters. The van der Waals surface area contributed by atoms with Gasteiger partial charge in [-0.25, -0.2) is 0 Å². The summed E-state index contributed by atoms with van der Waals surface area (Å²) in [6.07, 6.45) is 1.59. The lowest BCUT2D eigenvalue weighted by Gasteiger charge is -2.24. The Morgan fingerprint density at radius 2 is 1.78 bits per heavy atom. The Kier molecular flexibility index (Phi) is 6.16. The number of anilines is 1. The van der Waals surface area contributed by atoms with E-state index >= 15 is 0 Å². The Balaban J connectivity index is 1.66. The van der Waals surface area contributed by atoms with Crippen LogP contribution in [0.25, 0.3) is 0 Å². The highest BCUT2D eigenvalue weighted by atomic mass is 79.9. The van der Waals surface area contributed by atoms with E-state index in [4.69, 9.17) is 4.74 Å². The van der Waals surface area contributed by atoms with Crippen molar-refractivity contribution in [1.82, 2.24) is 4.90 Å². The Hall–Kier alpha value is -2.34. The van der Waals surface area contributed by atoms with Gasteiger partial charge in [0, 0.05) is 22.3 Å². The summed E-state index contributed by atoms with van der Waals surface area (Å²) >= 11 is 3.37. The van der Waals surface area contributed by atoms with Gasteiger partial charge in [-0.3, -0.25) is 9.59 Å². The summed E-state index contributed by atoms with van der Waals surface area (Å²) in [5.74, 6) is 0.493. The molecule has 1 N–H and O–H groups in total. The number of ether oxygens (including phenoxy) is 1. The zero-order valence-corrected chi connectivity index (χ0v) is 17.0. The third-order valence-electron chi connectivity index (χ3n) is 4.40. The van der Waals surface area contributed by atoms with Crippen molar-refractivity contribution < 1.29 is 14.3 Å². The van der Waals surface area contributed by atoms with E-state index in [9.17, 15) is 9.59 Å². The summed E-state index contributed by atoms with van der Waals surface area (Å²) in [5, 5.41) is 2.91. The summed E-state index contributed by atoms with van der Waals surface area (Å²) in [4.78, 5) is 27.2. The van der Waals surface area contributed by atoms with Gasteiger partial charge in [-0.1, -0.05) is 15.9 Å². The first-order chi connectivity index (χ1) is 12.9. The van der Waals surface area contributed by atoms with Gasteiger partial charge in [-0.2, -0.15) is 0 Å². The number of carbonyl (C=O) groups is 2. The van der Waals surface area contributed by atoms with Crippen LogP contribution in [0.2, 0.25) is 0 Å². The molecule has 0 spiro atoms. The predicted molar refractivity (Wildman–Crippen MR) is 109 cm³/mol. The second-order valence-corrected chi connectivity index (χ2v) is 7.76. The molecular formula is C21H23BrN2O3. The molecule has 5 nitrogen and oxygen atoms in total. The molecule has 2 aromatic rings. The maximum atomic E-state index is 12.8. The molecule has 0 radical (unpaired) electrons. The summed E-state index contributed by atoms with van der Waals surface area (Å²) in [7, 11) is 0. The number of likely N-dealkylation sites (tertiary alicyclic amines) is 1. The van der Waals surface area contributed by atoms with Crippen molar-refractivity contribution in [3.8, 4) is 5.75 Å². The predicted octanol–water partition coefficient (Wildman–Crippen LogP) is 4.48. The van der Waals surface area contributed by atoms with E-state index in [0.717, 1.165) is 16.6 Å².